The van der Waals surface area contributed by atoms with E-state index in [0.29, 0.717) is 0 Å². The zero-order chi connectivity index (χ0) is 7.11. The van der Waals surface area contributed by atoms with Gasteiger partial charge >= 0.3 is 0 Å². The van der Waals surface area contributed by atoms with E-state index in [9.17, 15) is 4.79 Å². The minimum atomic E-state index is -0.378. The van der Waals surface area contributed by atoms with Gasteiger partial charge in [-0.15, -0.1) is 0 Å². The van der Waals surface area contributed by atoms with Gasteiger partial charge in [-0.1, -0.05) is 0 Å². The molecule has 1 amide bonds. The molecular weight excluding hydrogens is 122 g/mol. The normalized spacial score (nSPS) is 9.11. The third-order valence-corrected chi connectivity index (χ3v) is 0.690. The summed E-state index contributed by atoms with van der Waals surface area (Å²) in [5, 5.41) is 10.4. The van der Waals surface area contributed by atoms with E-state index in [2.05, 4.69) is 17.0 Å². The van der Waals surface area contributed by atoms with Crippen molar-refractivity contribution in [1.82, 2.24) is 5.32 Å². The standard InChI is InChI=1S/C5H10NO3/c1-2-5(8)6-3-9-4-7/h7H,1-4H2,(H,6,8). The number of ether oxygens (including phenoxy) is 1. The van der Waals surface area contributed by atoms with Crippen LogP contribution in [0.5, 0.6) is 0 Å². The number of carbonyl (C=O) groups is 1. The number of hydrogen-bond donors (Lipinski definition) is 2. The van der Waals surface area contributed by atoms with Crippen molar-refractivity contribution < 1.29 is 14.6 Å². The molecule has 2 N–H and O–H groups in total. The van der Waals surface area contributed by atoms with Gasteiger partial charge in [0.05, 0.1) is 0 Å². The molecule has 0 aromatic heterocycles. The number of aliphatic hydroxyl groups excluding tert-OH is 1. The minimum absolute atomic E-state index is 0.0465. The quantitative estimate of drug-likeness (QED) is 0.391. The first-order valence-electron chi connectivity index (χ1n) is 2.55. The average molecular weight is 132 g/mol. The molecule has 0 aliphatic carbocycles. The van der Waals surface area contributed by atoms with Gasteiger partial charge < -0.3 is 15.2 Å². The predicted molar refractivity (Wildman–Crippen MR) is 31.2 cm³/mol. The summed E-state index contributed by atoms with van der Waals surface area (Å²) in [7, 11) is 0. The number of aliphatic hydroxyl groups is 1. The molecule has 0 spiro atoms. The molecule has 0 aromatic carbocycles. The van der Waals surface area contributed by atoms with Gasteiger partial charge in [0.2, 0.25) is 5.91 Å². The van der Waals surface area contributed by atoms with E-state index in [-0.39, 0.29) is 25.9 Å². The molecule has 9 heavy (non-hydrogen) atoms. The second kappa shape index (κ2) is 5.53. The monoisotopic (exact) mass is 132 g/mol. The van der Waals surface area contributed by atoms with E-state index in [1.807, 2.05) is 0 Å². The molecule has 0 rings (SSSR count). The number of carbonyl (C=O) groups excluding carboxylic acids is 1. The Labute approximate surface area is 53.8 Å². The van der Waals surface area contributed by atoms with Gasteiger partial charge in [-0.25, -0.2) is 0 Å². The minimum Gasteiger partial charge on any atom is -0.371 e. The number of amides is 1. The van der Waals surface area contributed by atoms with E-state index in [0.717, 1.165) is 0 Å². The molecule has 0 atom stereocenters. The van der Waals surface area contributed by atoms with Crippen LogP contribution in [-0.4, -0.2) is 24.5 Å². The molecule has 0 saturated heterocycles. The summed E-state index contributed by atoms with van der Waals surface area (Å²) in [5.74, 6) is -0.191. The van der Waals surface area contributed by atoms with E-state index in [1.165, 1.54) is 0 Å². The molecule has 0 aliphatic rings. The molecule has 0 fully saturated rings. The highest BCUT2D eigenvalue weighted by molar-refractivity contribution is 5.76. The van der Waals surface area contributed by atoms with Gasteiger partial charge in [-0.05, 0) is 6.92 Å². The maximum atomic E-state index is 10.4. The summed E-state index contributed by atoms with van der Waals surface area (Å²) in [6.07, 6.45) is 0.189. The largest absolute Gasteiger partial charge is 0.371 e. The van der Waals surface area contributed by atoms with E-state index in [1.54, 1.807) is 0 Å². The van der Waals surface area contributed by atoms with Crippen LogP contribution in [-0.2, 0) is 9.53 Å². The van der Waals surface area contributed by atoms with Crippen LogP contribution in [0.25, 0.3) is 0 Å². The van der Waals surface area contributed by atoms with Crippen molar-refractivity contribution in [2.24, 2.45) is 0 Å². The Bertz CT molecular complexity index is 84.3. The average Bonchev–Trinajstić information content (AvgIpc) is 1.89. The molecule has 0 aliphatic heterocycles. The molecule has 53 valence electrons. The van der Waals surface area contributed by atoms with Crippen LogP contribution in [0.3, 0.4) is 0 Å². The Morgan fingerprint density at radius 2 is 2.44 bits per heavy atom. The van der Waals surface area contributed by atoms with Gasteiger partial charge in [0.15, 0.2) is 0 Å². The summed E-state index contributed by atoms with van der Waals surface area (Å²) < 4.78 is 4.40. The van der Waals surface area contributed by atoms with Crippen molar-refractivity contribution in [1.29, 1.82) is 0 Å². The SMILES string of the molecule is [CH2]CC(=O)NCOCO. The van der Waals surface area contributed by atoms with Gasteiger partial charge in [0.25, 0.3) is 0 Å². The fourth-order valence-corrected chi connectivity index (χ4v) is 0.266. The van der Waals surface area contributed by atoms with Crippen molar-refractivity contribution in [3.63, 3.8) is 0 Å². The van der Waals surface area contributed by atoms with E-state index in [4.69, 9.17) is 5.11 Å². The second-order valence-electron chi connectivity index (χ2n) is 1.33. The highest BCUT2D eigenvalue weighted by Gasteiger charge is 1.92. The Hall–Kier alpha value is -0.610. The van der Waals surface area contributed by atoms with Crippen LogP contribution < -0.4 is 5.32 Å². The Balaban J connectivity index is 2.97. The van der Waals surface area contributed by atoms with Crippen molar-refractivity contribution in [2.45, 2.75) is 6.42 Å². The zero-order valence-electron chi connectivity index (χ0n) is 5.09. The molecule has 4 nitrogen and oxygen atoms in total. The first-order chi connectivity index (χ1) is 4.31. The van der Waals surface area contributed by atoms with Crippen LogP contribution in [0, 0.1) is 6.92 Å². The molecule has 0 aromatic rings. The third kappa shape index (κ3) is 5.26. The van der Waals surface area contributed by atoms with Crippen LogP contribution in [0.2, 0.25) is 0 Å². The van der Waals surface area contributed by atoms with Crippen molar-refractivity contribution >= 4 is 5.91 Å². The molecule has 4 heteroatoms. The smallest absolute Gasteiger partial charge is 0.221 e. The van der Waals surface area contributed by atoms with Crippen LogP contribution in [0.1, 0.15) is 6.42 Å². The third-order valence-electron chi connectivity index (χ3n) is 0.690. The molecule has 0 saturated carbocycles. The fourth-order valence-electron chi connectivity index (χ4n) is 0.266. The maximum Gasteiger partial charge on any atom is 0.221 e. The molecule has 0 heterocycles. The van der Waals surface area contributed by atoms with Gasteiger partial charge in [0.1, 0.15) is 13.5 Å². The first kappa shape index (κ1) is 8.39. The Morgan fingerprint density at radius 3 is 2.89 bits per heavy atom. The molecular formula is C5H10NO3. The van der Waals surface area contributed by atoms with Crippen LogP contribution >= 0.6 is 0 Å². The van der Waals surface area contributed by atoms with Gasteiger partial charge in [-0.3, -0.25) is 4.79 Å². The number of nitrogens with one attached hydrogen (secondary N) is 1. The van der Waals surface area contributed by atoms with Gasteiger partial charge in [0, 0.05) is 6.42 Å². The second-order valence-corrected chi connectivity index (χ2v) is 1.33. The number of hydrogen-bond acceptors (Lipinski definition) is 3. The van der Waals surface area contributed by atoms with Gasteiger partial charge in [-0.2, -0.15) is 0 Å². The molecule has 0 bridgehead atoms. The lowest BCUT2D eigenvalue weighted by molar-refractivity contribution is -0.123. The maximum absolute atomic E-state index is 10.4. The highest BCUT2D eigenvalue weighted by atomic mass is 16.6. The fraction of sp³-hybridized carbons (Fsp3) is 0.600. The summed E-state index contributed by atoms with van der Waals surface area (Å²) in [5.41, 5.74) is 0. The van der Waals surface area contributed by atoms with Crippen molar-refractivity contribution in [3.05, 3.63) is 6.92 Å². The summed E-state index contributed by atoms with van der Waals surface area (Å²) >= 11 is 0. The molecule has 0 unspecified atom stereocenters. The summed E-state index contributed by atoms with van der Waals surface area (Å²) in [6.45, 7) is 3.00. The lowest BCUT2D eigenvalue weighted by Crippen LogP contribution is -2.25. The van der Waals surface area contributed by atoms with Crippen molar-refractivity contribution in [2.75, 3.05) is 13.5 Å². The van der Waals surface area contributed by atoms with Crippen LogP contribution in [0.15, 0.2) is 0 Å². The molecule has 1 radical (unpaired) electrons. The summed E-state index contributed by atoms with van der Waals surface area (Å²) in [6, 6.07) is 0. The Morgan fingerprint density at radius 1 is 1.78 bits per heavy atom. The zero-order valence-corrected chi connectivity index (χ0v) is 5.09. The highest BCUT2D eigenvalue weighted by Crippen LogP contribution is 1.73. The lowest BCUT2D eigenvalue weighted by Gasteiger charge is -2.00. The lowest BCUT2D eigenvalue weighted by atomic mass is 10.5. The topological polar surface area (TPSA) is 58.6 Å². The Kier molecular flexibility index (Phi) is 5.15. The van der Waals surface area contributed by atoms with E-state index < -0.39 is 0 Å². The van der Waals surface area contributed by atoms with E-state index >= 15 is 0 Å². The first-order valence-corrected chi connectivity index (χ1v) is 2.55. The predicted octanol–water partition coefficient (Wildman–Crippen LogP) is -0.749. The number of rotatable bonds is 4. The van der Waals surface area contributed by atoms with Crippen LogP contribution in [0.4, 0.5) is 0 Å². The van der Waals surface area contributed by atoms with Crippen molar-refractivity contribution in [3.8, 4) is 0 Å². The summed E-state index contributed by atoms with van der Waals surface area (Å²) in [4.78, 5) is 10.4.